The van der Waals surface area contributed by atoms with Gasteiger partial charge in [0.15, 0.2) is 5.78 Å². The van der Waals surface area contributed by atoms with E-state index in [1.165, 1.54) is 0 Å². The molecule has 1 aromatic rings. The summed E-state index contributed by atoms with van der Waals surface area (Å²) in [4.78, 5) is 26.3. The van der Waals surface area contributed by atoms with Crippen molar-refractivity contribution in [3.05, 3.63) is 35.4 Å². The van der Waals surface area contributed by atoms with Crippen molar-refractivity contribution in [3.63, 3.8) is 0 Å². The van der Waals surface area contributed by atoms with Gasteiger partial charge in [-0.3, -0.25) is 9.59 Å². The molecule has 0 spiro atoms. The Morgan fingerprint density at radius 2 is 1.59 bits per heavy atom. The summed E-state index contributed by atoms with van der Waals surface area (Å²) in [5.74, 6) is 1.67. The lowest BCUT2D eigenvalue weighted by Gasteiger charge is -2.21. The van der Waals surface area contributed by atoms with E-state index >= 15 is 0 Å². The number of carbonyl (C=O) groups excluding carboxylic acids is 2. The number of fused-ring (bicyclic) bond motifs is 1. The van der Waals surface area contributed by atoms with Gasteiger partial charge in [0.1, 0.15) is 0 Å². The lowest BCUT2D eigenvalue weighted by atomic mass is 9.92. The second-order valence-electron chi connectivity index (χ2n) is 6.40. The van der Waals surface area contributed by atoms with Crippen molar-refractivity contribution in [1.29, 1.82) is 0 Å². The Bertz CT molecular complexity index is 539. The van der Waals surface area contributed by atoms with Crippen molar-refractivity contribution < 1.29 is 9.59 Å². The number of likely N-dealkylation sites (tertiary alicyclic amines) is 1. The number of nitrogens with zero attached hydrogens (tertiary/aromatic N) is 1. The van der Waals surface area contributed by atoms with Crippen molar-refractivity contribution in [2.75, 3.05) is 26.2 Å². The second-order valence-corrected chi connectivity index (χ2v) is 6.40. The molecule has 0 aromatic heterocycles. The first-order valence-corrected chi connectivity index (χ1v) is 8.32. The molecule has 2 aliphatic rings. The molecule has 1 amide bonds. The smallest absolute Gasteiger partial charge is 0.253 e. The highest BCUT2D eigenvalue weighted by Gasteiger charge is 2.31. The predicted molar refractivity (Wildman–Crippen MR) is 86.1 cm³/mol. The summed E-state index contributed by atoms with van der Waals surface area (Å²) < 4.78 is 0. The Morgan fingerprint density at radius 1 is 1.05 bits per heavy atom. The summed E-state index contributed by atoms with van der Waals surface area (Å²) in [5.41, 5.74) is 1.38. The fourth-order valence-corrected chi connectivity index (χ4v) is 3.61. The summed E-state index contributed by atoms with van der Waals surface area (Å²) in [5, 5.41) is 3.45. The maximum absolute atomic E-state index is 12.6. The Hall–Kier alpha value is -1.68. The largest absolute Gasteiger partial charge is 0.339 e. The standard InChI is InChI=1S/C18H24N2O2/c1-2-17(21)13-3-5-14(6-4-13)18(22)20-9-7-15-11-19-12-16(15)8-10-20/h3-6,15-16,19H,2,7-12H2,1H3/t15-,16+. The molecule has 2 fully saturated rings. The molecule has 1 N–H and O–H groups in total. The van der Waals surface area contributed by atoms with Gasteiger partial charge in [-0.2, -0.15) is 0 Å². The van der Waals surface area contributed by atoms with Crippen LogP contribution < -0.4 is 5.32 Å². The van der Waals surface area contributed by atoms with Crippen LogP contribution in [0.4, 0.5) is 0 Å². The van der Waals surface area contributed by atoms with Crippen LogP contribution in [0.25, 0.3) is 0 Å². The van der Waals surface area contributed by atoms with Gasteiger partial charge < -0.3 is 10.2 Å². The van der Waals surface area contributed by atoms with Crippen LogP contribution in [0.1, 0.15) is 46.9 Å². The molecule has 4 heteroatoms. The molecule has 2 aliphatic heterocycles. The number of ketones is 1. The number of nitrogens with one attached hydrogen (secondary N) is 1. The van der Waals surface area contributed by atoms with Crippen molar-refractivity contribution in [2.24, 2.45) is 11.8 Å². The van der Waals surface area contributed by atoms with Crippen molar-refractivity contribution >= 4 is 11.7 Å². The highest BCUT2D eigenvalue weighted by Crippen LogP contribution is 2.27. The molecular formula is C18H24N2O2. The first-order valence-electron chi connectivity index (χ1n) is 8.32. The third-order valence-electron chi connectivity index (χ3n) is 5.08. The average molecular weight is 300 g/mol. The summed E-state index contributed by atoms with van der Waals surface area (Å²) in [6.07, 6.45) is 2.68. The number of carbonyl (C=O) groups is 2. The average Bonchev–Trinajstić information content (AvgIpc) is 2.92. The van der Waals surface area contributed by atoms with E-state index in [2.05, 4.69) is 5.32 Å². The second kappa shape index (κ2) is 6.61. The highest BCUT2D eigenvalue weighted by atomic mass is 16.2. The molecule has 0 saturated carbocycles. The molecule has 118 valence electrons. The van der Waals surface area contributed by atoms with Gasteiger partial charge in [0.25, 0.3) is 5.91 Å². The van der Waals surface area contributed by atoms with E-state index in [1.807, 2.05) is 11.8 Å². The Kier molecular flexibility index (Phi) is 4.57. The summed E-state index contributed by atoms with van der Waals surface area (Å²) >= 11 is 0. The quantitative estimate of drug-likeness (QED) is 0.872. The number of Topliss-reactive ketones (excluding diaryl/α,β-unsaturated/α-hetero) is 1. The number of amides is 1. The number of hydrogen-bond acceptors (Lipinski definition) is 3. The maximum atomic E-state index is 12.6. The monoisotopic (exact) mass is 300 g/mol. The van der Waals surface area contributed by atoms with E-state index < -0.39 is 0 Å². The zero-order chi connectivity index (χ0) is 15.5. The maximum Gasteiger partial charge on any atom is 0.253 e. The van der Waals surface area contributed by atoms with E-state index in [1.54, 1.807) is 24.3 Å². The zero-order valence-electron chi connectivity index (χ0n) is 13.2. The Labute approximate surface area is 131 Å². The van der Waals surface area contributed by atoms with Gasteiger partial charge in [0.2, 0.25) is 0 Å². The van der Waals surface area contributed by atoms with Crippen LogP contribution in [0.3, 0.4) is 0 Å². The molecule has 0 aliphatic carbocycles. The molecule has 2 heterocycles. The minimum Gasteiger partial charge on any atom is -0.339 e. The summed E-state index contributed by atoms with van der Waals surface area (Å²) in [6, 6.07) is 7.13. The zero-order valence-corrected chi connectivity index (χ0v) is 13.2. The molecule has 3 rings (SSSR count). The molecule has 22 heavy (non-hydrogen) atoms. The fourth-order valence-electron chi connectivity index (χ4n) is 3.61. The highest BCUT2D eigenvalue weighted by molar-refractivity contribution is 5.98. The van der Waals surface area contributed by atoms with E-state index in [0.717, 1.165) is 50.9 Å². The lowest BCUT2D eigenvalue weighted by Crippen LogP contribution is -2.32. The van der Waals surface area contributed by atoms with Gasteiger partial charge >= 0.3 is 0 Å². The molecule has 0 bridgehead atoms. The van der Waals surface area contributed by atoms with Crippen molar-refractivity contribution in [1.82, 2.24) is 10.2 Å². The van der Waals surface area contributed by atoms with Crippen LogP contribution >= 0.6 is 0 Å². The van der Waals surface area contributed by atoms with Crippen LogP contribution in [-0.2, 0) is 0 Å². The van der Waals surface area contributed by atoms with Gasteiger partial charge in [-0.25, -0.2) is 0 Å². The Morgan fingerprint density at radius 3 is 2.14 bits per heavy atom. The minimum atomic E-state index is 0.100. The van der Waals surface area contributed by atoms with Gasteiger partial charge in [-0.1, -0.05) is 19.1 Å². The topological polar surface area (TPSA) is 49.4 Å². The van der Waals surface area contributed by atoms with Crippen molar-refractivity contribution in [3.8, 4) is 0 Å². The van der Waals surface area contributed by atoms with Crippen LogP contribution in [0.5, 0.6) is 0 Å². The molecule has 1 aromatic carbocycles. The predicted octanol–water partition coefficient (Wildman–Crippen LogP) is 2.35. The summed E-state index contributed by atoms with van der Waals surface area (Å²) in [7, 11) is 0. The summed E-state index contributed by atoms with van der Waals surface area (Å²) in [6.45, 7) is 5.74. The van der Waals surface area contributed by atoms with E-state index in [4.69, 9.17) is 0 Å². The molecule has 2 atom stereocenters. The first kappa shape index (κ1) is 15.2. The van der Waals surface area contributed by atoms with Crippen LogP contribution in [-0.4, -0.2) is 42.8 Å². The molecule has 4 nitrogen and oxygen atoms in total. The van der Waals surface area contributed by atoms with Gasteiger partial charge in [-0.05, 0) is 49.9 Å². The number of hydrogen-bond donors (Lipinski definition) is 1. The van der Waals surface area contributed by atoms with Crippen molar-refractivity contribution in [2.45, 2.75) is 26.2 Å². The fraction of sp³-hybridized carbons (Fsp3) is 0.556. The van der Waals surface area contributed by atoms with Crippen LogP contribution in [0.2, 0.25) is 0 Å². The lowest BCUT2D eigenvalue weighted by molar-refractivity contribution is 0.0758. The third kappa shape index (κ3) is 3.07. The molecule has 0 radical (unpaired) electrons. The van der Waals surface area contributed by atoms with Gasteiger partial charge in [0.05, 0.1) is 0 Å². The normalized spacial score (nSPS) is 24.7. The minimum absolute atomic E-state index is 0.100. The Balaban J connectivity index is 1.67. The third-order valence-corrected chi connectivity index (χ3v) is 5.08. The van der Waals surface area contributed by atoms with E-state index in [-0.39, 0.29) is 11.7 Å². The molecule has 0 unspecified atom stereocenters. The first-order chi connectivity index (χ1) is 10.7. The van der Waals surface area contributed by atoms with E-state index in [0.29, 0.717) is 17.5 Å². The van der Waals surface area contributed by atoms with Gasteiger partial charge in [-0.15, -0.1) is 0 Å². The van der Waals surface area contributed by atoms with Gasteiger partial charge in [0, 0.05) is 30.6 Å². The number of rotatable bonds is 3. The van der Waals surface area contributed by atoms with Crippen LogP contribution in [0.15, 0.2) is 24.3 Å². The van der Waals surface area contributed by atoms with Crippen LogP contribution in [0, 0.1) is 11.8 Å². The van der Waals surface area contributed by atoms with E-state index in [9.17, 15) is 9.59 Å². The number of benzene rings is 1. The molecule has 2 saturated heterocycles. The SMILES string of the molecule is CCC(=O)c1ccc(C(=O)N2CC[C@@H]3CNC[C@@H]3CC2)cc1. The molecular weight excluding hydrogens is 276 g/mol.